The minimum absolute atomic E-state index is 0.167. The van der Waals surface area contributed by atoms with Crippen molar-refractivity contribution in [2.75, 3.05) is 29.6 Å². The van der Waals surface area contributed by atoms with Crippen molar-refractivity contribution in [1.82, 2.24) is 0 Å². The van der Waals surface area contributed by atoms with E-state index in [0.29, 0.717) is 18.7 Å². The second kappa shape index (κ2) is 6.26. The molecule has 3 N–H and O–H groups in total. The summed E-state index contributed by atoms with van der Waals surface area (Å²) < 4.78 is 21.9. The first-order valence-corrected chi connectivity index (χ1v) is 7.65. The van der Waals surface area contributed by atoms with E-state index in [1.165, 1.54) is 6.26 Å². The zero-order valence-electron chi connectivity index (χ0n) is 10.3. The van der Waals surface area contributed by atoms with Gasteiger partial charge in [0, 0.05) is 24.2 Å². The molecule has 0 aliphatic heterocycles. The Morgan fingerprint density at radius 3 is 2.78 bits per heavy atom. The summed E-state index contributed by atoms with van der Waals surface area (Å²) in [5, 5.41) is 11.8. The lowest BCUT2D eigenvalue weighted by atomic mass is 10.1. The molecule has 0 atom stereocenters. The maximum absolute atomic E-state index is 10.9. The standard InChI is InChI=1S/C12H17N3O2S/c1-18(16,17)8-2-7-15-11-3-4-12(14)10(9-11)5-6-13/h3-4,9,15H,2,5,7-8,14H2,1H3. The minimum Gasteiger partial charge on any atom is -0.398 e. The van der Waals surface area contributed by atoms with E-state index in [4.69, 9.17) is 11.0 Å². The molecule has 0 aliphatic rings. The summed E-state index contributed by atoms with van der Waals surface area (Å²) in [6.07, 6.45) is 2.04. The average Bonchev–Trinajstić information content (AvgIpc) is 2.28. The zero-order valence-corrected chi connectivity index (χ0v) is 11.1. The van der Waals surface area contributed by atoms with E-state index in [-0.39, 0.29) is 12.2 Å². The normalized spacial score (nSPS) is 10.9. The van der Waals surface area contributed by atoms with Gasteiger partial charge in [-0.2, -0.15) is 5.26 Å². The molecular formula is C12H17N3O2S. The van der Waals surface area contributed by atoms with Gasteiger partial charge in [-0.3, -0.25) is 0 Å². The number of nitrogens with two attached hydrogens (primary N) is 1. The summed E-state index contributed by atoms with van der Waals surface area (Å²) in [6, 6.07) is 7.43. The fraction of sp³-hybridized carbons (Fsp3) is 0.417. The Labute approximate surface area is 108 Å². The van der Waals surface area contributed by atoms with E-state index >= 15 is 0 Å². The lowest BCUT2D eigenvalue weighted by molar-refractivity contribution is 0.600. The highest BCUT2D eigenvalue weighted by Crippen LogP contribution is 2.18. The van der Waals surface area contributed by atoms with Crippen molar-refractivity contribution < 1.29 is 8.42 Å². The summed E-state index contributed by atoms with van der Waals surface area (Å²) in [7, 11) is -2.91. The molecule has 0 radical (unpaired) electrons. The molecule has 1 rings (SSSR count). The summed E-state index contributed by atoms with van der Waals surface area (Å²) in [5.41, 5.74) is 7.96. The number of hydrogen-bond donors (Lipinski definition) is 2. The Hall–Kier alpha value is -1.74. The lowest BCUT2D eigenvalue weighted by Crippen LogP contribution is -2.10. The van der Waals surface area contributed by atoms with E-state index in [2.05, 4.69) is 11.4 Å². The van der Waals surface area contributed by atoms with Gasteiger partial charge >= 0.3 is 0 Å². The van der Waals surface area contributed by atoms with Gasteiger partial charge in [0.15, 0.2) is 0 Å². The summed E-state index contributed by atoms with van der Waals surface area (Å²) >= 11 is 0. The first-order valence-electron chi connectivity index (χ1n) is 5.59. The van der Waals surface area contributed by atoms with E-state index in [1.54, 1.807) is 6.07 Å². The molecule has 0 spiro atoms. The molecule has 6 heteroatoms. The van der Waals surface area contributed by atoms with Gasteiger partial charge in [0.05, 0.1) is 18.2 Å². The third-order valence-electron chi connectivity index (χ3n) is 2.43. The van der Waals surface area contributed by atoms with Crippen molar-refractivity contribution >= 4 is 21.2 Å². The van der Waals surface area contributed by atoms with Crippen molar-refractivity contribution in [3.05, 3.63) is 23.8 Å². The summed E-state index contributed by atoms with van der Waals surface area (Å²) in [5.74, 6) is 0.167. The molecule has 0 aromatic heterocycles. The SMILES string of the molecule is CS(=O)(=O)CCCNc1ccc(N)c(CC#N)c1. The predicted molar refractivity (Wildman–Crippen MR) is 73.0 cm³/mol. The molecule has 1 aromatic carbocycles. The first-order chi connectivity index (χ1) is 8.42. The molecule has 0 heterocycles. The topological polar surface area (TPSA) is 96.0 Å². The highest BCUT2D eigenvalue weighted by molar-refractivity contribution is 7.90. The van der Waals surface area contributed by atoms with Crippen molar-refractivity contribution in [1.29, 1.82) is 5.26 Å². The van der Waals surface area contributed by atoms with Gasteiger partial charge in [-0.25, -0.2) is 8.42 Å². The van der Waals surface area contributed by atoms with Crippen molar-refractivity contribution in [3.63, 3.8) is 0 Å². The highest BCUT2D eigenvalue weighted by Gasteiger charge is 2.03. The van der Waals surface area contributed by atoms with Gasteiger partial charge in [0.1, 0.15) is 9.84 Å². The molecule has 0 saturated carbocycles. The van der Waals surface area contributed by atoms with Crippen molar-refractivity contribution in [2.45, 2.75) is 12.8 Å². The molecule has 0 saturated heterocycles. The van der Waals surface area contributed by atoms with Crippen LogP contribution in [0.15, 0.2) is 18.2 Å². The number of hydrogen-bond acceptors (Lipinski definition) is 5. The zero-order chi connectivity index (χ0) is 13.6. The number of nitrogens with one attached hydrogen (secondary N) is 1. The number of benzene rings is 1. The molecule has 0 fully saturated rings. The van der Waals surface area contributed by atoms with Crippen LogP contribution in [0.1, 0.15) is 12.0 Å². The lowest BCUT2D eigenvalue weighted by Gasteiger charge is -2.08. The van der Waals surface area contributed by atoms with Crippen LogP contribution in [-0.2, 0) is 16.3 Å². The van der Waals surface area contributed by atoms with Crippen LogP contribution in [0.25, 0.3) is 0 Å². The molecule has 0 bridgehead atoms. The van der Waals surface area contributed by atoms with Gasteiger partial charge in [-0.1, -0.05) is 0 Å². The molecule has 18 heavy (non-hydrogen) atoms. The van der Waals surface area contributed by atoms with Crippen LogP contribution < -0.4 is 11.1 Å². The van der Waals surface area contributed by atoms with E-state index < -0.39 is 9.84 Å². The van der Waals surface area contributed by atoms with Crippen LogP contribution in [0.3, 0.4) is 0 Å². The van der Waals surface area contributed by atoms with Crippen LogP contribution in [0.2, 0.25) is 0 Å². The monoisotopic (exact) mass is 267 g/mol. The third-order valence-corrected chi connectivity index (χ3v) is 3.46. The van der Waals surface area contributed by atoms with Gasteiger partial charge in [0.25, 0.3) is 0 Å². The Kier molecular flexibility index (Phi) is 4.98. The maximum Gasteiger partial charge on any atom is 0.147 e. The van der Waals surface area contributed by atoms with E-state index in [9.17, 15) is 8.42 Å². The molecule has 5 nitrogen and oxygen atoms in total. The molecule has 0 amide bonds. The summed E-state index contributed by atoms with van der Waals surface area (Å²) in [4.78, 5) is 0. The third kappa shape index (κ3) is 5.06. The Bertz CT molecular complexity index is 547. The number of sulfone groups is 1. The smallest absolute Gasteiger partial charge is 0.147 e. The summed E-state index contributed by atoms with van der Waals surface area (Å²) in [6.45, 7) is 0.572. The number of rotatable bonds is 6. The molecular weight excluding hydrogens is 250 g/mol. The fourth-order valence-corrected chi connectivity index (χ4v) is 2.19. The maximum atomic E-state index is 10.9. The van der Waals surface area contributed by atoms with Crippen molar-refractivity contribution in [2.24, 2.45) is 0 Å². The highest BCUT2D eigenvalue weighted by atomic mass is 32.2. The second-order valence-electron chi connectivity index (χ2n) is 4.16. The second-order valence-corrected chi connectivity index (χ2v) is 6.42. The minimum atomic E-state index is -2.91. The van der Waals surface area contributed by atoms with Gasteiger partial charge in [-0.15, -0.1) is 0 Å². The van der Waals surface area contributed by atoms with Crippen LogP contribution in [-0.4, -0.2) is 27.0 Å². The first kappa shape index (κ1) is 14.3. The molecule has 0 aliphatic carbocycles. The van der Waals surface area contributed by atoms with Crippen LogP contribution in [0.4, 0.5) is 11.4 Å². The van der Waals surface area contributed by atoms with Gasteiger partial charge < -0.3 is 11.1 Å². The van der Waals surface area contributed by atoms with Gasteiger partial charge in [0.2, 0.25) is 0 Å². The number of nitrogen functional groups attached to an aromatic ring is 1. The van der Waals surface area contributed by atoms with Crippen LogP contribution >= 0.6 is 0 Å². The van der Waals surface area contributed by atoms with E-state index in [0.717, 1.165) is 11.3 Å². The van der Waals surface area contributed by atoms with Crippen LogP contribution in [0, 0.1) is 11.3 Å². The van der Waals surface area contributed by atoms with E-state index in [1.807, 2.05) is 12.1 Å². The molecule has 0 unspecified atom stereocenters. The molecule has 98 valence electrons. The Balaban J connectivity index is 2.53. The largest absolute Gasteiger partial charge is 0.398 e. The predicted octanol–water partition coefficient (Wildman–Crippen LogP) is 1.18. The fourth-order valence-electron chi connectivity index (χ4n) is 1.52. The average molecular weight is 267 g/mol. The number of nitriles is 1. The van der Waals surface area contributed by atoms with Crippen LogP contribution in [0.5, 0.6) is 0 Å². The van der Waals surface area contributed by atoms with Gasteiger partial charge in [-0.05, 0) is 30.2 Å². The number of anilines is 2. The van der Waals surface area contributed by atoms with Crippen molar-refractivity contribution in [3.8, 4) is 6.07 Å². The Morgan fingerprint density at radius 2 is 2.17 bits per heavy atom. The number of nitrogens with zero attached hydrogens (tertiary/aromatic N) is 1. The Morgan fingerprint density at radius 1 is 1.44 bits per heavy atom. The quantitative estimate of drug-likeness (QED) is 0.596. The molecule has 1 aromatic rings.